The van der Waals surface area contributed by atoms with Gasteiger partial charge < -0.3 is 10.3 Å². The van der Waals surface area contributed by atoms with Crippen LogP contribution in [0.4, 0.5) is 5.69 Å². The highest BCUT2D eigenvalue weighted by atomic mass is 16.5. The van der Waals surface area contributed by atoms with Crippen molar-refractivity contribution in [3.05, 3.63) is 95.4 Å². The second-order valence-corrected chi connectivity index (χ2v) is 7.45. The largest absolute Gasteiger partial charge is 0.395 e. The first kappa shape index (κ1) is 16.1. The van der Waals surface area contributed by atoms with Gasteiger partial charge in [-0.2, -0.15) is 0 Å². The van der Waals surface area contributed by atoms with Crippen LogP contribution in [-0.2, 0) is 12.8 Å². The molecule has 1 aliphatic rings. The highest BCUT2D eigenvalue weighted by Crippen LogP contribution is 2.45. The lowest BCUT2D eigenvalue weighted by Gasteiger charge is -2.33. The van der Waals surface area contributed by atoms with Crippen molar-refractivity contribution in [2.75, 3.05) is 5.73 Å². The van der Waals surface area contributed by atoms with Crippen LogP contribution in [0.3, 0.4) is 0 Å². The van der Waals surface area contributed by atoms with Crippen molar-refractivity contribution in [1.82, 2.24) is 5.16 Å². The van der Waals surface area contributed by atoms with Crippen LogP contribution in [0.5, 0.6) is 0 Å². The number of hydrogen-bond acceptors (Lipinski definition) is 3. The summed E-state index contributed by atoms with van der Waals surface area (Å²) in [5, 5.41) is 6.88. The number of anilines is 1. The van der Waals surface area contributed by atoms with Crippen molar-refractivity contribution < 1.29 is 4.52 Å². The molecule has 2 atom stereocenters. The van der Waals surface area contributed by atoms with E-state index in [9.17, 15) is 0 Å². The molecule has 0 amide bonds. The van der Waals surface area contributed by atoms with Gasteiger partial charge in [0.15, 0.2) is 0 Å². The van der Waals surface area contributed by atoms with E-state index in [1.807, 2.05) is 0 Å². The Hall–Kier alpha value is -3.07. The minimum Gasteiger partial charge on any atom is -0.395 e. The average Bonchev–Trinajstić information content (AvgIpc) is 3.14. The molecule has 0 spiro atoms. The van der Waals surface area contributed by atoms with Crippen molar-refractivity contribution in [2.24, 2.45) is 0 Å². The molecule has 3 heteroatoms. The summed E-state index contributed by atoms with van der Waals surface area (Å²) < 4.78 is 5.18. The van der Waals surface area contributed by atoms with Crippen molar-refractivity contribution >= 4 is 16.5 Å². The van der Waals surface area contributed by atoms with Gasteiger partial charge >= 0.3 is 0 Å². The molecule has 4 aromatic rings. The molecule has 27 heavy (non-hydrogen) atoms. The zero-order valence-corrected chi connectivity index (χ0v) is 15.1. The first-order chi connectivity index (χ1) is 13.3. The summed E-state index contributed by atoms with van der Waals surface area (Å²) in [5.41, 5.74) is 12.0. The standard InChI is InChI=1S/C24H22N2O/c25-23-15-27-26-24(23)21-13-12-17-7-2-4-11-20(17)22(21)14-18-9-5-8-16-6-1-3-10-19(16)18/h1-11,15,21-22H,12-14,25H2. The van der Waals surface area contributed by atoms with Crippen LogP contribution >= 0.6 is 0 Å². The summed E-state index contributed by atoms with van der Waals surface area (Å²) in [5.74, 6) is 0.616. The van der Waals surface area contributed by atoms with Crippen molar-refractivity contribution in [3.8, 4) is 0 Å². The summed E-state index contributed by atoms with van der Waals surface area (Å²) in [6.45, 7) is 0. The normalized spacial score (nSPS) is 19.1. The number of fused-ring (bicyclic) bond motifs is 2. The Morgan fingerprint density at radius 1 is 0.963 bits per heavy atom. The number of hydrogen-bond donors (Lipinski definition) is 1. The number of benzene rings is 3. The molecule has 5 rings (SSSR count). The molecule has 0 saturated carbocycles. The van der Waals surface area contributed by atoms with E-state index in [0.717, 1.165) is 25.0 Å². The zero-order valence-electron chi connectivity index (χ0n) is 15.1. The Balaban J connectivity index is 1.62. The van der Waals surface area contributed by atoms with Gasteiger partial charge in [-0.1, -0.05) is 71.9 Å². The third-order valence-electron chi connectivity index (χ3n) is 5.96. The Morgan fingerprint density at radius 3 is 2.67 bits per heavy atom. The van der Waals surface area contributed by atoms with E-state index in [2.05, 4.69) is 71.9 Å². The average molecular weight is 354 g/mol. The lowest BCUT2D eigenvalue weighted by Crippen LogP contribution is -2.22. The topological polar surface area (TPSA) is 52.0 Å². The lowest BCUT2D eigenvalue weighted by atomic mass is 9.71. The molecule has 0 bridgehead atoms. The molecule has 1 heterocycles. The second kappa shape index (κ2) is 6.58. The molecule has 0 radical (unpaired) electrons. The smallest absolute Gasteiger partial charge is 0.147 e. The summed E-state index contributed by atoms with van der Waals surface area (Å²) in [6, 6.07) is 24.0. The fourth-order valence-electron chi connectivity index (χ4n) is 4.67. The van der Waals surface area contributed by atoms with E-state index in [4.69, 9.17) is 10.3 Å². The number of nitrogen functional groups attached to an aromatic ring is 1. The predicted octanol–water partition coefficient (Wildman–Crippen LogP) is 5.47. The number of rotatable bonds is 3. The monoisotopic (exact) mass is 354 g/mol. The quantitative estimate of drug-likeness (QED) is 0.531. The third kappa shape index (κ3) is 2.80. The first-order valence-electron chi connectivity index (χ1n) is 9.55. The van der Waals surface area contributed by atoms with Crippen LogP contribution < -0.4 is 5.73 Å². The number of nitrogens with zero attached hydrogens (tertiary/aromatic N) is 1. The van der Waals surface area contributed by atoms with Gasteiger partial charge in [0.25, 0.3) is 0 Å². The fourth-order valence-corrected chi connectivity index (χ4v) is 4.67. The van der Waals surface area contributed by atoms with E-state index in [0.29, 0.717) is 11.6 Å². The van der Waals surface area contributed by atoms with Gasteiger partial charge in [0, 0.05) is 5.92 Å². The molecule has 3 aromatic carbocycles. The number of aryl methyl sites for hydroxylation is 1. The number of aromatic nitrogens is 1. The third-order valence-corrected chi connectivity index (χ3v) is 5.96. The molecule has 0 fully saturated rings. The van der Waals surface area contributed by atoms with E-state index in [1.165, 1.54) is 27.5 Å². The maximum atomic E-state index is 6.18. The first-order valence-corrected chi connectivity index (χ1v) is 9.55. The van der Waals surface area contributed by atoms with Crippen LogP contribution in [0, 0.1) is 0 Å². The van der Waals surface area contributed by atoms with E-state index in [-0.39, 0.29) is 5.92 Å². The Morgan fingerprint density at radius 2 is 1.78 bits per heavy atom. The minimum absolute atomic E-state index is 0.276. The maximum absolute atomic E-state index is 6.18. The van der Waals surface area contributed by atoms with E-state index >= 15 is 0 Å². The van der Waals surface area contributed by atoms with Crippen LogP contribution in [0.2, 0.25) is 0 Å². The van der Waals surface area contributed by atoms with E-state index < -0.39 is 0 Å². The maximum Gasteiger partial charge on any atom is 0.147 e. The molecule has 1 aromatic heterocycles. The van der Waals surface area contributed by atoms with Gasteiger partial charge in [-0.25, -0.2) is 0 Å². The molecule has 0 aliphatic heterocycles. The summed E-state index contributed by atoms with van der Waals surface area (Å²) in [6.07, 6.45) is 4.63. The zero-order chi connectivity index (χ0) is 18.2. The molecule has 3 nitrogen and oxygen atoms in total. The molecule has 134 valence electrons. The Labute approximate surface area is 158 Å². The SMILES string of the molecule is Nc1conc1C1CCc2ccccc2C1Cc1cccc2ccccc12. The van der Waals surface area contributed by atoms with Gasteiger partial charge in [0.05, 0.1) is 5.69 Å². The fraction of sp³-hybridized carbons (Fsp3) is 0.208. The van der Waals surface area contributed by atoms with Crippen LogP contribution in [-0.4, -0.2) is 5.16 Å². The number of nitrogens with two attached hydrogens (primary N) is 1. The highest BCUT2D eigenvalue weighted by Gasteiger charge is 2.33. The summed E-state index contributed by atoms with van der Waals surface area (Å²) >= 11 is 0. The van der Waals surface area contributed by atoms with Gasteiger partial charge in [-0.15, -0.1) is 0 Å². The molecular weight excluding hydrogens is 332 g/mol. The highest BCUT2D eigenvalue weighted by molar-refractivity contribution is 5.85. The van der Waals surface area contributed by atoms with Crippen molar-refractivity contribution in [2.45, 2.75) is 31.1 Å². The van der Waals surface area contributed by atoms with Crippen LogP contribution in [0.25, 0.3) is 10.8 Å². The minimum atomic E-state index is 0.276. The van der Waals surface area contributed by atoms with Crippen LogP contribution in [0.1, 0.15) is 40.6 Å². The van der Waals surface area contributed by atoms with Gasteiger partial charge in [-0.3, -0.25) is 0 Å². The van der Waals surface area contributed by atoms with Gasteiger partial charge in [0.1, 0.15) is 12.0 Å². The predicted molar refractivity (Wildman–Crippen MR) is 109 cm³/mol. The van der Waals surface area contributed by atoms with Crippen LogP contribution in [0.15, 0.2) is 77.5 Å². The molecule has 1 aliphatic carbocycles. The van der Waals surface area contributed by atoms with Crippen molar-refractivity contribution in [1.29, 1.82) is 0 Å². The molecule has 2 N–H and O–H groups in total. The molecule has 2 unspecified atom stereocenters. The molecule has 0 saturated heterocycles. The van der Waals surface area contributed by atoms with Crippen molar-refractivity contribution in [3.63, 3.8) is 0 Å². The summed E-state index contributed by atoms with van der Waals surface area (Å²) in [7, 11) is 0. The molecular formula is C24H22N2O. The lowest BCUT2D eigenvalue weighted by molar-refractivity contribution is 0.384. The second-order valence-electron chi connectivity index (χ2n) is 7.45. The van der Waals surface area contributed by atoms with Gasteiger partial charge in [0.2, 0.25) is 0 Å². The van der Waals surface area contributed by atoms with E-state index in [1.54, 1.807) is 6.26 Å². The Kier molecular flexibility index (Phi) is 3.93. The Bertz CT molecular complexity index is 1090. The summed E-state index contributed by atoms with van der Waals surface area (Å²) in [4.78, 5) is 0. The van der Waals surface area contributed by atoms with Gasteiger partial charge in [-0.05, 0) is 52.6 Å².